The molecule has 2 aliphatic rings. The van der Waals surface area contributed by atoms with Gasteiger partial charge in [-0.25, -0.2) is 4.99 Å². The van der Waals surface area contributed by atoms with Gasteiger partial charge in [-0.3, -0.25) is 0 Å². The van der Waals surface area contributed by atoms with Crippen LogP contribution in [0.15, 0.2) is 52.8 Å². The van der Waals surface area contributed by atoms with Crippen molar-refractivity contribution in [2.45, 2.75) is 80.1 Å². The van der Waals surface area contributed by atoms with E-state index in [1.807, 2.05) is 30.5 Å². The van der Waals surface area contributed by atoms with Crippen molar-refractivity contribution in [1.82, 2.24) is 0 Å². The molecule has 3 unspecified atom stereocenters. The van der Waals surface area contributed by atoms with Crippen LogP contribution in [-0.2, 0) is 0 Å². The molecule has 2 heteroatoms. The number of allylic oxidation sites excluding steroid dienone is 7. The normalized spacial score (nSPS) is 20.6. The zero-order valence-corrected chi connectivity index (χ0v) is 18.5. The quantitative estimate of drug-likeness (QED) is 0.450. The van der Waals surface area contributed by atoms with E-state index in [-0.39, 0.29) is 0 Å². The van der Waals surface area contributed by atoms with Crippen LogP contribution in [-0.4, -0.2) is 6.21 Å². The molecular weight excluding hydrogens is 328 g/mol. The number of aliphatic imine (C=N–C) groups is 1. The monoisotopic (exact) mass is 370 g/mol. The van der Waals surface area contributed by atoms with Crippen LogP contribution in [0.2, 0.25) is 0 Å². The molecule has 0 amide bonds. The van der Waals surface area contributed by atoms with Crippen molar-refractivity contribution in [2.24, 2.45) is 33.9 Å². The molecule has 0 spiro atoms. The summed E-state index contributed by atoms with van der Waals surface area (Å²) in [6, 6.07) is 0. The fraction of sp³-hybridized carbons (Fsp3) is 0.640. The van der Waals surface area contributed by atoms with Gasteiger partial charge in [0.25, 0.3) is 0 Å². The molecule has 2 nitrogen and oxygen atoms in total. The highest BCUT2D eigenvalue weighted by atomic mass is 14.9. The minimum absolute atomic E-state index is 0.303. The number of hydrogen-bond donors (Lipinski definition) is 1. The summed E-state index contributed by atoms with van der Waals surface area (Å²) < 4.78 is 0. The molecule has 0 fully saturated rings. The van der Waals surface area contributed by atoms with Gasteiger partial charge in [-0.2, -0.15) is 0 Å². The number of hydrogen-bond acceptors (Lipinski definition) is 2. The highest BCUT2D eigenvalue weighted by Gasteiger charge is 2.23. The van der Waals surface area contributed by atoms with E-state index >= 15 is 0 Å². The van der Waals surface area contributed by atoms with E-state index in [1.165, 1.54) is 44.1 Å². The average Bonchev–Trinajstić information content (AvgIpc) is 2.89. The lowest BCUT2D eigenvalue weighted by Crippen LogP contribution is -2.20. The molecule has 0 bridgehead atoms. The summed E-state index contributed by atoms with van der Waals surface area (Å²) >= 11 is 0. The Balaban J connectivity index is 0.000000274. The fourth-order valence-corrected chi connectivity index (χ4v) is 3.37. The second kappa shape index (κ2) is 12.0. The molecular formula is C25H42N2. The summed E-state index contributed by atoms with van der Waals surface area (Å²) in [7, 11) is 0. The van der Waals surface area contributed by atoms with Crippen LogP contribution in [0.1, 0.15) is 80.1 Å². The Hall–Kier alpha value is -1.57. The first kappa shape index (κ1) is 23.5. The Labute approximate surface area is 168 Å². The predicted molar refractivity (Wildman–Crippen MR) is 122 cm³/mol. The van der Waals surface area contributed by atoms with Crippen molar-refractivity contribution in [3.8, 4) is 0 Å². The molecule has 0 aromatic carbocycles. The summed E-state index contributed by atoms with van der Waals surface area (Å²) in [5, 5.41) is 0. The minimum atomic E-state index is 0.303. The Morgan fingerprint density at radius 3 is 2.48 bits per heavy atom. The van der Waals surface area contributed by atoms with Gasteiger partial charge < -0.3 is 5.73 Å². The lowest BCUT2D eigenvalue weighted by atomic mass is 9.74. The molecule has 0 saturated carbocycles. The van der Waals surface area contributed by atoms with Crippen LogP contribution in [0, 0.1) is 23.2 Å². The van der Waals surface area contributed by atoms with Crippen molar-refractivity contribution in [3.63, 3.8) is 0 Å². The highest BCUT2D eigenvalue weighted by Crippen LogP contribution is 2.34. The Morgan fingerprint density at radius 2 is 1.81 bits per heavy atom. The van der Waals surface area contributed by atoms with Crippen LogP contribution in [0.4, 0.5) is 0 Å². The third-order valence-corrected chi connectivity index (χ3v) is 6.34. The van der Waals surface area contributed by atoms with E-state index in [0.29, 0.717) is 17.2 Å². The molecule has 152 valence electrons. The SMILES string of the molecule is CCC(C)CCCCC(C)(C)C(C)CC.NC1=CC2C=CC=CC=C2C=N1. The van der Waals surface area contributed by atoms with Gasteiger partial charge in [-0.15, -0.1) is 0 Å². The molecule has 1 aliphatic heterocycles. The largest absolute Gasteiger partial charge is 0.384 e. The van der Waals surface area contributed by atoms with E-state index in [9.17, 15) is 0 Å². The second-order valence-corrected chi connectivity index (χ2v) is 8.87. The van der Waals surface area contributed by atoms with Crippen LogP contribution in [0.25, 0.3) is 0 Å². The first-order chi connectivity index (χ1) is 12.8. The van der Waals surface area contributed by atoms with Gasteiger partial charge in [0.1, 0.15) is 5.82 Å². The van der Waals surface area contributed by atoms with E-state index in [0.717, 1.165) is 11.8 Å². The van der Waals surface area contributed by atoms with Crippen LogP contribution in [0.3, 0.4) is 0 Å². The summed E-state index contributed by atoms with van der Waals surface area (Å²) in [6.07, 6.45) is 22.3. The third-order valence-electron chi connectivity index (χ3n) is 6.34. The molecule has 27 heavy (non-hydrogen) atoms. The zero-order valence-electron chi connectivity index (χ0n) is 18.5. The van der Waals surface area contributed by atoms with E-state index in [1.54, 1.807) is 0 Å². The van der Waals surface area contributed by atoms with E-state index < -0.39 is 0 Å². The molecule has 2 rings (SSSR count). The van der Waals surface area contributed by atoms with Crippen molar-refractivity contribution < 1.29 is 0 Å². The molecule has 1 heterocycles. The topological polar surface area (TPSA) is 38.4 Å². The first-order valence-corrected chi connectivity index (χ1v) is 10.9. The van der Waals surface area contributed by atoms with Gasteiger partial charge in [-0.05, 0) is 35.3 Å². The maximum Gasteiger partial charge on any atom is 0.120 e. The number of nitrogens with two attached hydrogens (primary N) is 1. The lowest BCUT2D eigenvalue weighted by molar-refractivity contribution is 0.198. The van der Waals surface area contributed by atoms with Gasteiger partial charge in [0.15, 0.2) is 0 Å². The standard InChI is InChI=1S/C15H32.C10H10N2/c1-7-13(3)11-9-10-12-15(5,6)14(4)8-2;11-10-6-8-4-2-1-3-5-9(8)7-12-10/h13-14H,7-12H2,1-6H3;1-8H,11H2. The number of nitrogens with zero attached hydrogens (tertiary/aromatic N) is 1. The number of fused-ring (bicyclic) bond motifs is 1. The van der Waals surface area contributed by atoms with Gasteiger partial charge in [0, 0.05) is 12.1 Å². The summed E-state index contributed by atoms with van der Waals surface area (Å²) in [5.41, 5.74) is 7.31. The molecule has 0 aromatic heterocycles. The zero-order chi connectivity index (χ0) is 20.3. The molecule has 0 saturated heterocycles. The van der Waals surface area contributed by atoms with Gasteiger partial charge in [0.2, 0.25) is 0 Å². The van der Waals surface area contributed by atoms with Crippen molar-refractivity contribution in [3.05, 3.63) is 47.9 Å². The Morgan fingerprint density at radius 1 is 1.07 bits per heavy atom. The fourth-order valence-electron chi connectivity index (χ4n) is 3.37. The molecule has 3 atom stereocenters. The smallest absolute Gasteiger partial charge is 0.120 e. The third kappa shape index (κ3) is 8.77. The first-order valence-electron chi connectivity index (χ1n) is 10.9. The van der Waals surface area contributed by atoms with Crippen molar-refractivity contribution >= 4 is 6.21 Å². The average molecular weight is 371 g/mol. The summed E-state index contributed by atoms with van der Waals surface area (Å²) in [5.74, 6) is 2.69. The van der Waals surface area contributed by atoms with Gasteiger partial charge >= 0.3 is 0 Å². The Bertz CT molecular complexity index is 575. The molecule has 2 N–H and O–H groups in total. The maximum absolute atomic E-state index is 5.57. The van der Waals surface area contributed by atoms with E-state index in [2.05, 4.69) is 58.7 Å². The lowest BCUT2D eigenvalue weighted by Gasteiger charge is -2.31. The van der Waals surface area contributed by atoms with Gasteiger partial charge in [0.05, 0.1) is 0 Å². The molecule has 0 radical (unpaired) electrons. The van der Waals surface area contributed by atoms with Crippen molar-refractivity contribution in [2.75, 3.05) is 0 Å². The Kier molecular flexibility index (Phi) is 10.4. The van der Waals surface area contributed by atoms with Crippen LogP contribution in [0.5, 0.6) is 0 Å². The van der Waals surface area contributed by atoms with Crippen molar-refractivity contribution in [1.29, 1.82) is 0 Å². The van der Waals surface area contributed by atoms with Crippen LogP contribution < -0.4 is 5.73 Å². The van der Waals surface area contributed by atoms with Crippen LogP contribution >= 0.6 is 0 Å². The van der Waals surface area contributed by atoms with E-state index in [4.69, 9.17) is 5.73 Å². The highest BCUT2D eigenvalue weighted by molar-refractivity contribution is 5.83. The number of unbranched alkanes of at least 4 members (excludes halogenated alkanes) is 1. The summed E-state index contributed by atoms with van der Waals surface area (Å²) in [4.78, 5) is 4.03. The molecule has 0 aromatic rings. The van der Waals surface area contributed by atoms with Gasteiger partial charge in [-0.1, -0.05) is 104 Å². The molecule has 1 aliphatic carbocycles. The number of rotatable bonds is 8. The minimum Gasteiger partial charge on any atom is -0.384 e. The predicted octanol–water partition coefficient (Wildman–Crippen LogP) is 7.20. The summed E-state index contributed by atoms with van der Waals surface area (Å²) in [6.45, 7) is 14.3. The second-order valence-electron chi connectivity index (χ2n) is 8.87. The maximum atomic E-state index is 5.57.